The van der Waals surface area contributed by atoms with Gasteiger partial charge in [-0.05, 0) is 29.8 Å². The molecule has 24 heavy (non-hydrogen) atoms. The first-order valence-electron chi connectivity index (χ1n) is 7.62. The van der Waals surface area contributed by atoms with Gasteiger partial charge >= 0.3 is 0 Å². The largest absolute Gasteiger partial charge is 0.367 e. The number of aromatic amines is 1. The average molecular weight is 368 g/mol. The van der Waals surface area contributed by atoms with Crippen molar-refractivity contribution in [2.24, 2.45) is 0 Å². The molecule has 1 aromatic heterocycles. The van der Waals surface area contributed by atoms with Gasteiger partial charge in [-0.2, -0.15) is 4.31 Å². The minimum Gasteiger partial charge on any atom is -0.367 e. The molecule has 0 aliphatic carbocycles. The molecule has 1 aliphatic heterocycles. The molecule has 1 aliphatic rings. The Hall–Kier alpha value is -1.83. The summed E-state index contributed by atoms with van der Waals surface area (Å²) in [5.41, 5.74) is 0.925. The number of piperazine rings is 1. The molecular weight excluding hydrogens is 350 g/mol. The van der Waals surface area contributed by atoms with Crippen LogP contribution in [-0.2, 0) is 21.2 Å². The van der Waals surface area contributed by atoms with Crippen LogP contribution in [0.2, 0.25) is 5.02 Å². The van der Waals surface area contributed by atoms with E-state index in [1.54, 1.807) is 29.4 Å². The Morgan fingerprint density at radius 2 is 1.92 bits per heavy atom. The Labute approximate surface area is 146 Å². The number of benzene rings is 1. The summed E-state index contributed by atoms with van der Waals surface area (Å²) < 4.78 is 26.7. The fourth-order valence-corrected chi connectivity index (χ4v) is 4.43. The maximum atomic E-state index is 12.6. The Bertz CT molecular complexity index is 813. The summed E-state index contributed by atoms with van der Waals surface area (Å²) in [6, 6.07) is 8.09. The van der Waals surface area contributed by atoms with Crippen LogP contribution in [0.4, 0.5) is 0 Å². The van der Waals surface area contributed by atoms with Crippen molar-refractivity contribution in [1.82, 2.24) is 14.2 Å². The average Bonchev–Trinajstić information content (AvgIpc) is 3.08. The topological polar surface area (TPSA) is 73.5 Å². The summed E-state index contributed by atoms with van der Waals surface area (Å²) in [7, 11) is -3.58. The van der Waals surface area contributed by atoms with Crippen molar-refractivity contribution in [3.05, 3.63) is 53.3 Å². The SMILES string of the molecule is O=C(Cc1cc[nH]c1)N1CCN(S(=O)(=O)c2cccc(Cl)c2)CC1. The zero-order valence-corrected chi connectivity index (χ0v) is 14.6. The summed E-state index contributed by atoms with van der Waals surface area (Å²) >= 11 is 5.88. The number of sulfonamides is 1. The molecule has 1 aromatic carbocycles. The van der Waals surface area contributed by atoms with Gasteiger partial charge in [-0.25, -0.2) is 8.42 Å². The molecule has 0 spiro atoms. The number of nitrogens with one attached hydrogen (secondary N) is 1. The molecule has 0 unspecified atom stereocenters. The second-order valence-electron chi connectivity index (χ2n) is 5.64. The van der Waals surface area contributed by atoms with E-state index in [1.165, 1.54) is 16.4 Å². The monoisotopic (exact) mass is 367 g/mol. The first-order chi connectivity index (χ1) is 11.5. The van der Waals surface area contributed by atoms with Gasteiger partial charge in [0.2, 0.25) is 15.9 Å². The smallest absolute Gasteiger partial charge is 0.243 e. The van der Waals surface area contributed by atoms with Crippen molar-refractivity contribution in [3.63, 3.8) is 0 Å². The lowest BCUT2D eigenvalue weighted by molar-refractivity contribution is -0.131. The summed E-state index contributed by atoms with van der Waals surface area (Å²) in [5.74, 6) is 0.00871. The van der Waals surface area contributed by atoms with Crippen LogP contribution < -0.4 is 0 Å². The van der Waals surface area contributed by atoms with E-state index in [1.807, 2.05) is 6.07 Å². The molecule has 1 N–H and O–H groups in total. The van der Waals surface area contributed by atoms with Gasteiger partial charge in [-0.1, -0.05) is 17.7 Å². The van der Waals surface area contributed by atoms with Gasteiger partial charge in [0.15, 0.2) is 0 Å². The van der Waals surface area contributed by atoms with Crippen molar-refractivity contribution < 1.29 is 13.2 Å². The maximum Gasteiger partial charge on any atom is 0.243 e. The number of halogens is 1. The van der Waals surface area contributed by atoms with Gasteiger partial charge < -0.3 is 9.88 Å². The van der Waals surface area contributed by atoms with E-state index in [0.29, 0.717) is 24.5 Å². The molecule has 0 radical (unpaired) electrons. The number of carbonyl (C=O) groups is 1. The molecule has 1 fully saturated rings. The number of aromatic nitrogens is 1. The number of hydrogen-bond acceptors (Lipinski definition) is 3. The highest BCUT2D eigenvalue weighted by Crippen LogP contribution is 2.21. The molecule has 8 heteroatoms. The summed E-state index contributed by atoms with van der Waals surface area (Å²) in [4.78, 5) is 17.1. The minimum atomic E-state index is -3.58. The lowest BCUT2D eigenvalue weighted by Gasteiger charge is -2.34. The molecule has 0 bridgehead atoms. The number of carbonyl (C=O) groups excluding carboxylic acids is 1. The van der Waals surface area contributed by atoms with Gasteiger partial charge in [-0.15, -0.1) is 0 Å². The van der Waals surface area contributed by atoms with Crippen molar-refractivity contribution >= 4 is 27.5 Å². The third-order valence-corrected chi connectivity index (χ3v) is 6.17. The highest BCUT2D eigenvalue weighted by atomic mass is 35.5. The standard InChI is InChI=1S/C16H18ClN3O3S/c17-14-2-1-3-15(11-14)24(22,23)20-8-6-19(7-9-20)16(21)10-13-4-5-18-12-13/h1-5,11-12,18H,6-10H2. The van der Waals surface area contributed by atoms with E-state index in [9.17, 15) is 13.2 Å². The second-order valence-corrected chi connectivity index (χ2v) is 8.01. The van der Waals surface area contributed by atoms with E-state index in [2.05, 4.69) is 4.98 Å². The van der Waals surface area contributed by atoms with Crippen LogP contribution in [0.1, 0.15) is 5.56 Å². The van der Waals surface area contributed by atoms with Gasteiger partial charge in [0.25, 0.3) is 0 Å². The molecular formula is C16H18ClN3O3S. The van der Waals surface area contributed by atoms with Crippen LogP contribution in [0.15, 0.2) is 47.6 Å². The summed E-state index contributed by atoms with van der Waals surface area (Å²) in [5, 5.41) is 0.386. The van der Waals surface area contributed by atoms with Crippen molar-refractivity contribution in [1.29, 1.82) is 0 Å². The minimum absolute atomic E-state index is 0.00871. The highest BCUT2D eigenvalue weighted by molar-refractivity contribution is 7.89. The predicted molar refractivity (Wildman–Crippen MR) is 91.3 cm³/mol. The fourth-order valence-electron chi connectivity index (χ4n) is 2.71. The van der Waals surface area contributed by atoms with Crippen LogP contribution >= 0.6 is 11.6 Å². The third-order valence-electron chi connectivity index (χ3n) is 4.04. The first kappa shape index (κ1) is 17.0. The molecule has 2 aromatic rings. The van der Waals surface area contributed by atoms with Crippen LogP contribution in [0.5, 0.6) is 0 Å². The van der Waals surface area contributed by atoms with Crippen LogP contribution in [-0.4, -0.2) is 54.7 Å². The van der Waals surface area contributed by atoms with E-state index in [0.717, 1.165) is 5.56 Å². The Balaban J connectivity index is 1.63. The zero-order valence-electron chi connectivity index (χ0n) is 13.0. The molecule has 1 saturated heterocycles. The molecule has 1 amide bonds. The second kappa shape index (κ2) is 6.96. The molecule has 3 rings (SSSR count). The zero-order chi connectivity index (χ0) is 17.2. The van der Waals surface area contributed by atoms with Crippen molar-refractivity contribution in [2.45, 2.75) is 11.3 Å². The lowest BCUT2D eigenvalue weighted by Crippen LogP contribution is -2.50. The number of amides is 1. The quantitative estimate of drug-likeness (QED) is 0.894. The molecule has 2 heterocycles. The Morgan fingerprint density at radius 3 is 2.54 bits per heavy atom. The fraction of sp³-hybridized carbons (Fsp3) is 0.312. The number of H-pyrrole nitrogens is 1. The van der Waals surface area contributed by atoms with E-state index >= 15 is 0 Å². The van der Waals surface area contributed by atoms with Gasteiger partial charge in [0, 0.05) is 43.6 Å². The third kappa shape index (κ3) is 3.63. The van der Waals surface area contributed by atoms with Crippen LogP contribution in [0.25, 0.3) is 0 Å². The number of nitrogens with zero attached hydrogens (tertiary/aromatic N) is 2. The van der Waals surface area contributed by atoms with Crippen LogP contribution in [0, 0.1) is 0 Å². The summed E-state index contributed by atoms with van der Waals surface area (Å²) in [6.07, 6.45) is 3.89. The van der Waals surface area contributed by atoms with Crippen molar-refractivity contribution in [2.75, 3.05) is 26.2 Å². The maximum absolute atomic E-state index is 12.6. The first-order valence-corrected chi connectivity index (χ1v) is 9.44. The van der Waals surface area contributed by atoms with E-state index < -0.39 is 10.0 Å². The number of hydrogen-bond donors (Lipinski definition) is 1. The normalized spacial score (nSPS) is 16.3. The molecule has 0 saturated carbocycles. The molecule has 0 atom stereocenters. The Kier molecular flexibility index (Phi) is 4.93. The van der Waals surface area contributed by atoms with Crippen molar-refractivity contribution in [3.8, 4) is 0 Å². The predicted octanol–water partition coefficient (Wildman–Crippen LogP) is 1.74. The lowest BCUT2D eigenvalue weighted by atomic mass is 10.2. The molecule has 6 nitrogen and oxygen atoms in total. The number of rotatable bonds is 4. The van der Waals surface area contributed by atoms with Gasteiger partial charge in [0.05, 0.1) is 11.3 Å². The van der Waals surface area contributed by atoms with Crippen LogP contribution in [0.3, 0.4) is 0 Å². The van der Waals surface area contributed by atoms with E-state index in [-0.39, 0.29) is 23.9 Å². The van der Waals surface area contributed by atoms with Gasteiger partial charge in [-0.3, -0.25) is 4.79 Å². The molecule has 128 valence electrons. The Morgan fingerprint density at radius 1 is 1.17 bits per heavy atom. The van der Waals surface area contributed by atoms with Gasteiger partial charge in [0.1, 0.15) is 0 Å². The van der Waals surface area contributed by atoms with E-state index in [4.69, 9.17) is 11.6 Å². The summed E-state index contributed by atoms with van der Waals surface area (Å²) in [6.45, 7) is 1.35. The highest BCUT2D eigenvalue weighted by Gasteiger charge is 2.30.